The Kier molecular flexibility index (Phi) is 5.55. The third kappa shape index (κ3) is 3.49. The van der Waals surface area contributed by atoms with E-state index in [0.29, 0.717) is 17.3 Å². The smallest absolute Gasteiger partial charge is 0.267 e. The van der Waals surface area contributed by atoms with Gasteiger partial charge in [-0.25, -0.2) is 4.98 Å². The minimum atomic E-state index is -0.0821. The van der Waals surface area contributed by atoms with Crippen LogP contribution < -0.4 is 10.3 Å². The van der Waals surface area contributed by atoms with Crippen LogP contribution in [0.15, 0.2) is 34.2 Å². The summed E-state index contributed by atoms with van der Waals surface area (Å²) in [6.07, 6.45) is 5.43. The summed E-state index contributed by atoms with van der Waals surface area (Å²) in [7, 11) is 1.61. The summed E-state index contributed by atoms with van der Waals surface area (Å²) >= 11 is 2.67. The maximum Gasteiger partial charge on any atom is 0.267 e. The van der Waals surface area contributed by atoms with Crippen LogP contribution in [0.25, 0.3) is 15.9 Å². The zero-order valence-electron chi connectivity index (χ0n) is 16.0. The predicted octanol–water partition coefficient (Wildman–Crippen LogP) is 4.75. The zero-order chi connectivity index (χ0) is 19.7. The predicted molar refractivity (Wildman–Crippen MR) is 114 cm³/mol. The molecule has 0 atom stereocenters. The van der Waals surface area contributed by atoms with E-state index in [-0.39, 0.29) is 10.7 Å². The number of ether oxygens (including phenoxy) is 1. The third-order valence-corrected chi connectivity index (χ3v) is 7.02. The number of fused-ring (bicyclic) bond motifs is 3. The number of hydrogen-bond acceptors (Lipinski definition) is 6. The lowest BCUT2D eigenvalue weighted by atomic mass is 9.97. The Hall–Kier alpha value is -2.12. The summed E-state index contributed by atoms with van der Waals surface area (Å²) < 4.78 is 6.82. The molecule has 0 spiro atoms. The van der Waals surface area contributed by atoms with Crippen LogP contribution in [0, 0.1) is 0 Å². The fourth-order valence-electron chi connectivity index (χ4n) is 3.57. The van der Waals surface area contributed by atoms with Gasteiger partial charge < -0.3 is 4.74 Å². The first-order chi connectivity index (χ1) is 13.6. The standard InChI is InChI=1S/C21H22N2O3S2/c1-3-6-17(24)28-21-22-19-18(15-7-4-5-8-16(15)27-19)20(25)23(21)13-9-11-14(26-2)12-10-13/h9-12H,3-8H2,1-2H3. The van der Waals surface area contributed by atoms with Crippen molar-refractivity contribution in [2.45, 2.75) is 50.6 Å². The molecular formula is C21H22N2O3S2. The molecular weight excluding hydrogens is 392 g/mol. The third-order valence-electron chi connectivity index (χ3n) is 4.95. The molecule has 0 bridgehead atoms. The lowest BCUT2D eigenvalue weighted by molar-refractivity contribution is -0.111. The number of carbonyl (C=O) groups is 1. The molecule has 2 heterocycles. The maximum atomic E-state index is 13.6. The fraction of sp³-hybridized carbons (Fsp3) is 0.381. The Balaban J connectivity index is 1.93. The molecule has 0 saturated heterocycles. The van der Waals surface area contributed by atoms with Crippen LogP contribution in [0.1, 0.15) is 43.0 Å². The summed E-state index contributed by atoms with van der Waals surface area (Å²) in [6.45, 7) is 1.97. The van der Waals surface area contributed by atoms with Crippen molar-refractivity contribution in [3.63, 3.8) is 0 Å². The van der Waals surface area contributed by atoms with Gasteiger partial charge in [0.1, 0.15) is 10.6 Å². The van der Waals surface area contributed by atoms with Crippen molar-refractivity contribution in [3.8, 4) is 11.4 Å². The minimum absolute atomic E-state index is 0.0253. The number of aryl methyl sites for hydroxylation is 2. The Morgan fingerprint density at radius 1 is 1.25 bits per heavy atom. The second-order valence-corrected chi connectivity index (χ2v) is 8.96. The molecule has 0 saturated carbocycles. The maximum absolute atomic E-state index is 13.6. The van der Waals surface area contributed by atoms with Crippen LogP contribution in [0.4, 0.5) is 0 Å². The summed E-state index contributed by atoms with van der Waals surface area (Å²) in [5.41, 5.74) is 1.77. The van der Waals surface area contributed by atoms with E-state index in [1.807, 2.05) is 31.2 Å². The minimum Gasteiger partial charge on any atom is -0.497 e. The van der Waals surface area contributed by atoms with Gasteiger partial charge in [-0.3, -0.25) is 14.2 Å². The number of thiophene rings is 1. The van der Waals surface area contributed by atoms with Crippen molar-refractivity contribution in [2.24, 2.45) is 0 Å². The second-order valence-electron chi connectivity index (χ2n) is 6.85. The van der Waals surface area contributed by atoms with Crippen molar-refractivity contribution in [1.82, 2.24) is 9.55 Å². The highest BCUT2D eigenvalue weighted by atomic mass is 32.2. The molecule has 7 heteroatoms. The van der Waals surface area contributed by atoms with Gasteiger partial charge >= 0.3 is 0 Å². The average molecular weight is 415 g/mol. The number of carbonyl (C=O) groups excluding carboxylic acids is 1. The zero-order valence-corrected chi connectivity index (χ0v) is 17.6. The van der Waals surface area contributed by atoms with Gasteiger partial charge in [-0.15, -0.1) is 11.3 Å². The van der Waals surface area contributed by atoms with Crippen LogP contribution in [-0.4, -0.2) is 21.8 Å². The van der Waals surface area contributed by atoms with Gasteiger partial charge in [0.2, 0.25) is 0 Å². The molecule has 5 nitrogen and oxygen atoms in total. The number of thioether (sulfide) groups is 1. The Morgan fingerprint density at radius 3 is 2.71 bits per heavy atom. The molecule has 28 heavy (non-hydrogen) atoms. The average Bonchev–Trinajstić information content (AvgIpc) is 3.07. The lowest BCUT2D eigenvalue weighted by Crippen LogP contribution is -2.22. The number of benzene rings is 1. The molecule has 0 unspecified atom stereocenters. The first-order valence-corrected chi connectivity index (χ1v) is 11.2. The molecule has 3 aromatic rings. The van der Waals surface area contributed by atoms with Crippen LogP contribution in [0.2, 0.25) is 0 Å². The molecule has 1 aromatic carbocycles. The Morgan fingerprint density at radius 2 is 2.00 bits per heavy atom. The first-order valence-electron chi connectivity index (χ1n) is 9.54. The van der Waals surface area contributed by atoms with Gasteiger partial charge in [0.25, 0.3) is 5.56 Å². The normalized spacial score (nSPS) is 13.5. The van der Waals surface area contributed by atoms with Gasteiger partial charge in [0, 0.05) is 11.3 Å². The van der Waals surface area contributed by atoms with E-state index in [1.165, 1.54) is 4.88 Å². The van der Waals surface area contributed by atoms with Crippen LogP contribution in [-0.2, 0) is 17.6 Å². The monoisotopic (exact) mass is 414 g/mol. The highest BCUT2D eigenvalue weighted by Crippen LogP contribution is 2.35. The molecule has 0 aliphatic heterocycles. The SMILES string of the molecule is CCCC(=O)Sc1nc2sc3c(c2c(=O)n1-c1ccc(OC)cc1)CCCC3. The highest BCUT2D eigenvalue weighted by Gasteiger charge is 2.23. The summed E-state index contributed by atoms with van der Waals surface area (Å²) in [6, 6.07) is 7.30. The van der Waals surface area contributed by atoms with Gasteiger partial charge in [0.15, 0.2) is 10.3 Å². The molecule has 0 amide bonds. The molecule has 2 aromatic heterocycles. The van der Waals surface area contributed by atoms with E-state index in [2.05, 4.69) is 0 Å². The summed E-state index contributed by atoms with van der Waals surface area (Å²) in [4.78, 5) is 32.7. The van der Waals surface area contributed by atoms with Gasteiger partial charge in [-0.05, 0) is 73.7 Å². The number of hydrogen-bond donors (Lipinski definition) is 0. The van der Waals surface area contributed by atoms with E-state index < -0.39 is 0 Å². The Labute approximate surface area is 171 Å². The van der Waals surface area contributed by atoms with Crippen molar-refractivity contribution < 1.29 is 9.53 Å². The van der Waals surface area contributed by atoms with Gasteiger partial charge in [-0.1, -0.05) is 6.92 Å². The lowest BCUT2D eigenvalue weighted by Gasteiger charge is -2.13. The molecule has 0 N–H and O–H groups in total. The van der Waals surface area contributed by atoms with Crippen molar-refractivity contribution >= 4 is 38.4 Å². The van der Waals surface area contributed by atoms with Gasteiger partial charge in [-0.2, -0.15) is 0 Å². The fourth-order valence-corrected chi connectivity index (χ4v) is 5.81. The topological polar surface area (TPSA) is 61.2 Å². The van der Waals surface area contributed by atoms with Crippen molar-refractivity contribution in [2.75, 3.05) is 7.11 Å². The van der Waals surface area contributed by atoms with E-state index in [4.69, 9.17) is 9.72 Å². The first kappa shape index (κ1) is 19.2. The van der Waals surface area contributed by atoms with Crippen LogP contribution in [0.3, 0.4) is 0 Å². The quantitative estimate of drug-likeness (QED) is 0.445. The molecule has 0 fully saturated rings. The van der Waals surface area contributed by atoms with E-state index in [1.54, 1.807) is 23.0 Å². The summed E-state index contributed by atoms with van der Waals surface area (Å²) in [5, 5.41) is 1.19. The van der Waals surface area contributed by atoms with Crippen molar-refractivity contribution in [3.05, 3.63) is 45.1 Å². The molecule has 1 aliphatic carbocycles. The van der Waals surface area contributed by atoms with E-state index in [9.17, 15) is 9.59 Å². The summed E-state index contributed by atoms with van der Waals surface area (Å²) in [5.74, 6) is 0.718. The largest absolute Gasteiger partial charge is 0.497 e. The van der Waals surface area contributed by atoms with Crippen LogP contribution in [0.5, 0.6) is 5.75 Å². The molecule has 1 aliphatic rings. The molecule has 146 valence electrons. The molecule has 4 rings (SSSR count). The van der Waals surface area contributed by atoms with Crippen LogP contribution >= 0.6 is 23.1 Å². The Bertz CT molecular complexity index is 1080. The van der Waals surface area contributed by atoms with E-state index in [0.717, 1.165) is 65.4 Å². The van der Waals surface area contributed by atoms with Crippen molar-refractivity contribution in [1.29, 1.82) is 0 Å². The number of nitrogens with zero attached hydrogens (tertiary/aromatic N) is 2. The number of methoxy groups -OCH3 is 1. The van der Waals surface area contributed by atoms with E-state index >= 15 is 0 Å². The molecule has 0 radical (unpaired) electrons. The second kappa shape index (κ2) is 8.09. The van der Waals surface area contributed by atoms with Gasteiger partial charge in [0.05, 0.1) is 18.2 Å². The highest BCUT2D eigenvalue weighted by molar-refractivity contribution is 8.13. The number of aromatic nitrogens is 2. The number of rotatable bonds is 5.